The van der Waals surface area contributed by atoms with E-state index in [9.17, 15) is 37.5 Å². The van der Waals surface area contributed by atoms with Gasteiger partial charge in [-0.2, -0.15) is 13.2 Å². The number of carbonyl (C=O) groups excluding carboxylic acids is 4. The summed E-state index contributed by atoms with van der Waals surface area (Å²) in [4.78, 5) is 55.2. The topological polar surface area (TPSA) is 174 Å². The lowest BCUT2D eigenvalue weighted by Crippen LogP contribution is -2.63. The zero-order valence-corrected chi connectivity index (χ0v) is 31.9. The Kier molecular flexibility index (Phi) is 13.8. The number of benzene rings is 2. The van der Waals surface area contributed by atoms with Gasteiger partial charge in [0.25, 0.3) is 0 Å². The Morgan fingerprint density at radius 1 is 0.907 bits per heavy atom. The van der Waals surface area contributed by atoms with E-state index in [0.29, 0.717) is 18.4 Å². The van der Waals surface area contributed by atoms with Crippen molar-refractivity contribution in [3.8, 4) is 5.75 Å². The van der Waals surface area contributed by atoms with Crippen molar-refractivity contribution >= 4 is 23.9 Å². The first-order valence-electron chi connectivity index (χ1n) is 17.1. The highest BCUT2D eigenvalue weighted by atomic mass is 19.4. The number of hydrogen-bond donors (Lipinski definition) is 3. The van der Waals surface area contributed by atoms with E-state index in [-0.39, 0.29) is 19.5 Å². The predicted molar refractivity (Wildman–Crippen MR) is 190 cm³/mol. The summed E-state index contributed by atoms with van der Waals surface area (Å²) in [5.74, 6) is -3.09. The van der Waals surface area contributed by atoms with Crippen molar-refractivity contribution in [2.24, 2.45) is 5.92 Å². The van der Waals surface area contributed by atoms with Crippen LogP contribution >= 0.6 is 0 Å². The fourth-order valence-corrected chi connectivity index (χ4v) is 5.42. The number of alkyl halides is 3. The Hall–Kier alpha value is -5.19. The van der Waals surface area contributed by atoms with Crippen LogP contribution in [0.2, 0.25) is 0 Å². The molecule has 2 aromatic carbocycles. The number of amides is 3. The van der Waals surface area contributed by atoms with Gasteiger partial charge >= 0.3 is 23.8 Å². The van der Waals surface area contributed by atoms with Crippen molar-refractivity contribution < 1.29 is 51.7 Å². The Morgan fingerprint density at radius 2 is 1.52 bits per heavy atom. The first-order valence-corrected chi connectivity index (χ1v) is 17.1. The highest BCUT2D eigenvalue weighted by molar-refractivity contribution is 5.94. The maximum atomic E-state index is 14.5. The summed E-state index contributed by atoms with van der Waals surface area (Å²) < 4.78 is 57.6. The zero-order valence-electron chi connectivity index (χ0n) is 31.9. The van der Waals surface area contributed by atoms with Crippen molar-refractivity contribution in [3.63, 3.8) is 0 Å². The first-order chi connectivity index (χ1) is 25.0. The summed E-state index contributed by atoms with van der Waals surface area (Å²) in [6.45, 7) is 11.3. The molecule has 0 bridgehead atoms. The second-order valence-corrected chi connectivity index (χ2v) is 14.6. The van der Waals surface area contributed by atoms with Crippen LogP contribution in [0.3, 0.4) is 0 Å². The summed E-state index contributed by atoms with van der Waals surface area (Å²) >= 11 is 0. The largest absolute Gasteiger partial charge is 0.497 e. The molecular weight excluding hydrogens is 713 g/mol. The third kappa shape index (κ3) is 10.7. The van der Waals surface area contributed by atoms with Crippen molar-refractivity contribution in [2.75, 3.05) is 14.2 Å². The van der Waals surface area contributed by atoms with Crippen LogP contribution in [0.25, 0.3) is 0 Å². The van der Waals surface area contributed by atoms with Crippen molar-refractivity contribution in [1.29, 1.82) is 0 Å². The van der Waals surface area contributed by atoms with Crippen LogP contribution in [0, 0.1) is 5.92 Å². The fraction of sp³-hybridized carbons (Fsp3) is 0.514. The standard InChI is InChI=1S/C37H49F3N6O8/c1-23(2)29(42-33(50)54-34(3,4)5)30(47)46(20-25-15-17-27(52-8)18-16-25)35(6,7)31(48)41-26(19-24-13-11-10-12-14-24)21-45-22-28(43-44-45)36(51,32(49)53-9)37(38,39)40/h10-18,22-23,26,29,51H,19-21H2,1-9H3,(H,41,48)(H,42,50)/t26-,29+,36?/m1/s1. The van der Waals surface area contributed by atoms with Crippen LogP contribution in [-0.4, -0.2) is 92.5 Å². The number of hydrogen-bond acceptors (Lipinski definition) is 10. The summed E-state index contributed by atoms with van der Waals surface area (Å²) in [7, 11) is 2.20. The highest BCUT2D eigenvalue weighted by Gasteiger charge is 2.64. The molecule has 1 heterocycles. The number of aromatic nitrogens is 3. The van der Waals surface area contributed by atoms with E-state index in [1.54, 1.807) is 89.2 Å². The molecule has 17 heteroatoms. The molecule has 3 atom stereocenters. The van der Waals surface area contributed by atoms with E-state index < -0.39 is 70.5 Å². The summed E-state index contributed by atoms with van der Waals surface area (Å²) in [6.07, 6.45) is -5.41. The molecule has 1 aromatic heterocycles. The number of nitrogens with zero attached hydrogens (tertiary/aromatic N) is 4. The van der Waals surface area contributed by atoms with E-state index in [2.05, 4.69) is 25.7 Å². The minimum atomic E-state index is -5.49. The Labute approximate surface area is 312 Å². The highest BCUT2D eigenvalue weighted by Crippen LogP contribution is 2.39. The molecule has 54 heavy (non-hydrogen) atoms. The average molecular weight is 763 g/mol. The third-order valence-corrected chi connectivity index (χ3v) is 8.47. The molecular formula is C37H49F3N6O8. The van der Waals surface area contributed by atoms with Crippen LogP contribution in [0.1, 0.15) is 65.3 Å². The number of methoxy groups -OCH3 is 2. The molecule has 0 saturated carbocycles. The number of rotatable bonds is 15. The van der Waals surface area contributed by atoms with Crippen LogP contribution in [0.15, 0.2) is 60.8 Å². The molecule has 0 aliphatic rings. The molecule has 14 nitrogen and oxygen atoms in total. The molecule has 1 unspecified atom stereocenters. The smallest absolute Gasteiger partial charge is 0.434 e. The van der Waals surface area contributed by atoms with Gasteiger partial charge in [0, 0.05) is 6.54 Å². The summed E-state index contributed by atoms with van der Waals surface area (Å²) in [5, 5.41) is 23.1. The number of esters is 1. The number of halogens is 3. The van der Waals surface area contributed by atoms with Crippen molar-refractivity contribution in [3.05, 3.63) is 77.6 Å². The van der Waals surface area contributed by atoms with E-state index in [4.69, 9.17) is 9.47 Å². The second kappa shape index (κ2) is 17.3. The van der Waals surface area contributed by atoms with E-state index in [1.807, 2.05) is 0 Å². The van der Waals surface area contributed by atoms with Gasteiger partial charge in [-0.05, 0) is 70.2 Å². The van der Waals surface area contributed by atoms with Gasteiger partial charge in [-0.3, -0.25) is 14.3 Å². The number of carbonyl (C=O) groups is 4. The Bertz CT molecular complexity index is 1740. The SMILES string of the molecule is COC(=O)C(O)(c1cn(C[C@@H](Cc2ccccc2)NC(=O)C(C)(C)N(Cc2ccc(OC)cc2)C(=O)[C@@H](NC(=O)OC(C)(C)C)C(C)C)nn1)C(F)(F)F. The number of ether oxygens (including phenoxy) is 3. The van der Waals surface area contributed by atoms with E-state index in [0.717, 1.165) is 16.4 Å². The lowest BCUT2D eigenvalue weighted by molar-refractivity contribution is -0.268. The van der Waals surface area contributed by atoms with Gasteiger partial charge < -0.3 is 34.9 Å². The minimum Gasteiger partial charge on any atom is -0.497 e. The van der Waals surface area contributed by atoms with E-state index in [1.165, 1.54) is 25.9 Å². The van der Waals surface area contributed by atoms with Gasteiger partial charge in [0.05, 0.1) is 33.0 Å². The Balaban J connectivity index is 2.03. The maximum absolute atomic E-state index is 14.5. The lowest BCUT2D eigenvalue weighted by Gasteiger charge is -2.41. The van der Waals surface area contributed by atoms with Crippen LogP contribution in [0.5, 0.6) is 5.75 Å². The summed E-state index contributed by atoms with van der Waals surface area (Å²) in [6, 6.07) is 13.8. The summed E-state index contributed by atoms with van der Waals surface area (Å²) in [5.41, 5.74) is -6.29. The zero-order chi connectivity index (χ0) is 40.6. The molecule has 0 spiro atoms. The molecule has 3 N–H and O–H groups in total. The second-order valence-electron chi connectivity index (χ2n) is 14.6. The molecule has 0 radical (unpaired) electrons. The number of alkyl carbamates (subject to hydrolysis) is 1. The van der Waals surface area contributed by atoms with Gasteiger partial charge in [0.2, 0.25) is 11.8 Å². The van der Waals surface area contributed by atoms with Gasteiger partial charge in [-0.25, -0.2) is 9.59 Å². The molecule has 0 saturated heterocycles. The normalized spacial score (nSPS) is 14.3. The molecule has 0 fully saturated rings. The van der Waals surface area contributed by atoms with Crippen LogP contribution in [-0.2, 0) is 49.0 Å². The number of nitrogens with one attached hydrogen (secondary N) is 2. The predicted octanol–water partition coefficient (Wildman–Crippen LogP) is 4.29. The van der Waals surface area contributed by atoms with Gasteiger partial charge in [0.15, 0.2) is 0 Å². The fourth-order valence-electron chi connectivity index (χ4n) is 5.42. The Morgan fingerprint density at radius 3 is 2.04 bits per heavy atom. The molecule has 0 aliphatic heterocycles. The molecule has 3 aromatic rings. The van der Waals surface area contributed by atoms with Gasteiger partial charge in [-0.15, -0.1) is 5.10 Å². The molecule has 0 aliphatic carbocycles. The van der Waals surface area contributed by atoms with Gasteiger partial charge in [-0.1, -0.05) is 61.5 Å². The number of aliphatic hydroxyl groups is 1. The average Bonchev–Trinajstić information content (AvgIpc) is 3.56. The quantitative estimate of drug-likeness (QED) is 0.190. The first kappa shape index (κ1) is 43.2. The van der Waals surface area contributed by atoms with Gasteiger partial charge in [0.1, 0.15) is 28.6 Å². The van der Waals surface area contributed by atoms with Crippen LogP contribution in [0.4, 0.5) is 18.0 Å². The lowest BCUT2D eigenvalue weighted by atomic mass is 9.94. The monoisotopic (exact) mass is 762 g/mol. The molecule has 3 amide bonds. The molecule has 3 rings (SSSR count). The maximum Gasteiger partial charge on any atom is 0.434 e. The minimum absolute atomic E-state index is 0.0677. The molecule has 296 valence electrons. The van der Waals surface area contributed by atoms with Crippen LogP contribution < -0.4 is 15.4 Å². The van der Waals surface area contributed by atoms with Crippen molar-refractivity contribution in [1.82, 2.24) is 30.5 Å². The third-order valence-electron chi connectivity index (χ3n) is 8.47. The van der Waals surface area contributed by atoms with Crippen molar-refractivity contribution in [2.45, 2.75) is 103 Å². The van der Waals surface area contributed by atoms with E-state index >= 15 is 0 Å².